The number of aryl methyl sites for hydroxylation is 1. The molecule has 0 aromatic carbocycles. The number of anilines is 1. The number of urea groups is 1. The molecule has 0 saturated carbocycles. The number of nitrogens with zero attached hydrogens (tertiary/aromatic N) is 1. The van der Waals surface area contributed by atoms with E-state index < -0.39 is 11.9 Å². The van der Waals surface area contributed by atoms with Crippen molar-refractivity contribution >= 4 is 51.6 Å². The third-order valence-corrected chi connectivity index (χ3v) is 6.00. The maximum atomic E-state index is 12.6. The number of amides is 4. The van der Waals surface area contributed by atoms with Gasteiger partial charge in [-0.25, -0.2) is 4.79 Å². The van der Waals surface area contributed by atoms with Crippen molar-refractivity contribution < 1.29 is 14.4 Å². The van der Waals surface area contributed by atoms with Crippen molar-refractivity contribution in [2.75, 3.05) is 19.4 Å². The summed E-state index contributed by atoms with van der Waals surface area (Å²) in [5.74, 6) is -0.771. The maximum Gasteiger partial charge on any atom is 0.323 e. The summed E-state index contributed by atoms with van der Waals surface area (Å²) in [5, 5.41) is 7.60. The second-order valence-electron chi connectivity index (χ2n) is 6.05. The van der Waals surface area contributed by atoms with Crippen LogP contribution in [-0.2, 0) is 17.6 Å². The SMILES string of the molecule is CN(C)C(=O)NC(=O)c1c(NC(=O)/C=C/c2cccs2)sc2c1CCC2. The van der Waals surface area contributed by atoms with Crippen LogP contribution in [0.25, 0.3) is 6.08 Å². The minimum absolute atomic E-state index is 0.300. The van der Waals surface area contributed by atoms with Gasteiger partial charge in [0.2, 0.25) is 5.91 Å². The lowest BCUT2D eigenvalue weighted by atomic mass is 10.1. The molecule has 0 fully saturated rings. The molecule has 0 unspecified atom stereocenters. The highest BCUT2D eigenvalue weighted by Crippen LogP contribution is 2.39. The van der Waals surface area contributed by atoms with Crippen LogP contribution in [0.3, 0.4) is 0 Å². The van der Waals surface area contributed by atoms with Gasteiger partial charge in [0.25, 0.3) is 5.91 Å². The summed E-state index contributed by atoms with van der Waals surface area (Å²) in [4.78, 5) is 40.0. The van der Waals surface area contributed by atoms with E-state index in [-0.39, 0.29) is 5.91 Å². The van der Waals surface area contributed by atoms with Crippen LogP contribution in [0.2, 0.25) is 0 Å². The molecule has 136 valence electrons. The first-order valence-corrected chi connectivity index (χ1v) is 9.85. The van der Waals surface area contributed by atoms with Gasteiger partial charge in [-0.05, 0) is 42.3 Å². The smallest absolute Gasteiger partial charge is 0.323 e. The van der Waals surface area contributed by atoms with Crippen LogP contribution in [-0.4, -0.2) is 36.8 Å². The van der Waals surface area contributed by atoms with Crippen LogP contribution in [0, 0.1) is 0 Å². The number of rotatable bonds is 4. The molecule has 1 aliphatic rings. The molecule has 0 aliphatic heterocycles. The first kappa shape index (κ1) is 18.3. The lowest BCUT2D eigenvalue weighted by molar-refractivity contribution is -0.111. The number of carbonyl (C=O) groups is 3. The van der Waals surface area contributed by atoms with Crippen LogP contribution in [0.5, 0.6) is 0 Å². The second kappa shape index (κ2) is 7.84. The van der Waals surface area contributed by atoms with E-state index in [9.17, 15) is 14.4 Å². The van der Waals surface area contributed by atoms with E-state index in [0.717, 1.165) is 34.6 Å². The molecule has 0 bridgehead atoms. The van der Waals surface area contributed by atoms with Crippen molar-refractivity contribution in [3.05, 3.63) is 44.5 Å². The second-order valence-corrected chi connectivity index (χ2v) is 8.14. The molecule has 4 amide bonds. The average Bonchev–Trinajstić information content (AvgIpc) is 3.29. The van der Waals surface area contributed by atoms with Gasteiger partial charge in [-0.3, -0.25) is 14.9 Å². The van der Waals surface area contributed by atoms with Gasteiger partial charge in [0.1, 0.15) is 5.00 Å². The van der Waals surface area contributed by atoms with E-state index in [1.165, 1.54) is 33.6 Å². The minimum atomic E-state index is -0.484. The fraction of sp³-hybridized carbons (Fsp3) is 0.278. The zero-order valence-electron chi connectivity index (χ0n) is 14.5. The molecule has 2 heterocycles. The highest BCUT2D eigenvalue weighted by molar-refractivity contribution is 7.17. The van der Waals surface area contributed by atoms with Gasteiger partial charge >= 0.3 is 6.03 Å². The number of thiophene rings is 2. The third-order valence-electron chi connectivity index (χ3n) is 3.95. The summed E-state index contributed by atoms with van der Waals surface area (Å²) in [6.07, 6.45) is 5.84. The van der Waals surface area contributed by atoms with Crippen LogP contribution < -0.4 is 10.6 Å². The van der Waals surface area contributed by atoms with E-state index in [1.807, 2.05) is 17.5 Å². The minimum Gasteiger partial charge on any atom is -0.331 e. The Hall–Kier alpha value is -2.45. The number of fused-ring (bicyclic) bond motifs is 1. The summed E-state index contributed by atoms with van der Waals surface area (Å²) in [6.45, 7) is 0. The summed E-state index contributed by atoms with van der Waals surface area (Å²) in [5.41, 5.74) is 1.35. The molecule has 1 aliphatic carbocycles. The number of imide groups is 1. The highest BCUT2D eigenvalue weighted by atomic mass is 32.1. The topological polar surface area (TPSA) is 78.5 Å². The van der Waals surface area contributed by atoms with Gasteiger partial charge in [-0.15, -0.1) is 22.7 Å². The number of nitrogens with one attached hydrogen (secondary N) is 2. The molecule has 0 spiro atoms. The number of carbonyl (C=O) groups excluding carboxylic acids is 3. The Morgan fingerprint density at radius 3 is 2.73 bits per heavy atom. The monoisotopic (exact) mass is 389 g/mol. The van der Waals surface area contributed by atoms with Gasteiger partial charge in [-0.2, -0.15) is 0 Å². The molecular formula is C18H19N3O3S2. The molecule has 0 radical (unpaired) electrons. The van der Waals surface area contributed by atoms with Crippen LogP contribution >= 0.6 is 22.7 Å². The quantitative estimate of drug-likeness (QED) is 0.787. The molecule has 6 nitrogen and oxygen atoms in total. The molecule has 2 aromatic rings. The van der Waals surface area contributed by atoms with Crippen molar-refractivity contribution in [3.8, 4) is 0 Å². The Bertz CT molecular complexity index is 867. The van der Waals surface area contributed by atoms with Crippen LogP contribution in [0.1, 0.15) is 32.1 Å². The zero-order valence-corrected chi connectivity index (χ0v) is 16.1. The average molecular weight is 390 g/mol. The third kappa shape index (κ3) is 4.03. The summed E-state index contributed by atoms with van der Waals surface area (Å²) in [7, 11) is 3.14. The molecular weight excluding hydrogens is 370 g/mol. The Balaban J connectivity index is 1.80. The van der Waals surface area contributed by atoms with Gasteiger partial charge in [0.05, 0.1) is 5.56 Å². The van der Waals surface area contributed by atoms with E-state index in [4.69, 9.17) is 0 Å². The Kier molecular flexibility index (Phi) is 5.53. The highest BCUT2D eigenvalue weighted by Gasteiger charge is 2.28. The number of hydrogen-bond donors (Lipinski definition) is 2. The van der Waals surface area contributed by atoms with E-state index in [0.29, 0.717) is 10.6 Å². The van der Waals surface area contributed by atoms with Crippen molar-refractivity contribution in [1.82, 2.24) is 10.2 Å². The summed E-state index contributed by atoms with van der Waals surface area (Å²) >= 11 is 2.95. The summed E-state index contributed by atoms with van der Waals surface area (Å²) < 4.78 is 0. The Morgan fingerprint density at radius 2 is 2.04 bits per heavy atom. The predicted octanol–water partition coefficient (Wildman–Crippen LogP) is 3.36. The van der Waals surface area contributed by atoms with Crippen molar-refractivity contribution in [2.24, 2.45) is 0 Å². The number of hydrogen-bond acceptors (Lipinski definition) is 5. The van der Waals surface area contributed by atoms with Gasteiger partial charge in [0, 0.05) is 29.9 Å². The molecule has 2 N–H and O–H groups in total. The molecule has 8 heteroatoms. The molecule has 3 rings (SSSR count). The van der Waals surface area contributed by atoms with E-state index in [1.54, 1.807) is 20.2 Å². The predicted molar refractivity (Wildman–Crippen MR) is 105 cm³/mol. The fourth-order valence-electron chi connectivity index (χ4n) is 2.70. The van der Waals surface area contributed by atoms with Crippen LogP contribution in [0.15, 0.2) is 23.6 Å². The molecule has 0 atom stereocenters. The normalized spacial score (nSPS) is 12.8. The zero-order chi connectivity index (χ0) is 18.7. The summed E-state index contributed by atoms with van der Waals surface area (Å²) in [6, 6.07) is 3.35. The fourth-order valence-corrected chi connectivity index (χ4v) is 4.61. The van der Waals surface area contributed by atoms with Crippen LogP contribution in [0.4, 0.5) is 9.80 Å². The van der Waals surface area contributed by atoms with E-state index >= 15 is 0 Å². The Labute approximate surface area is 159 Å². The van der Waals surface area contributed by atoms with Gasteiger partial charge < -0.3 is 10.2 Å². The van der Waals surface area contributed by atoms with Crippen molar-refractivity contribution in [1.29, 1.82) is 0 Å². The largest absolute Gasteiger partial charge is 0.331 e. The maximum absolute atomic E-state index is 12.6. The lowest BCUT2D eigenvalue weighted by Crippen LogP contribution is -2.39. The van der Waals surface area contributed by atoms with Gasteiger partial charge in [0.15, 0.2) is 0 Å². The molecule has 26 heavy (non-hydrogen) atoms. The standard InChI is InChI=1S/C18H19N3O3S2/c1-21(2)18(24)20-16(23)15-12-6-3-7-13(12)26-17(15)19-14(22)9-8-11-5-4-10-25-11/h4-5,8-10H,3,6-7H2,1-2H3,(H,19,22)(H,20,23,24)/b9-8+. The molecule has 0 saturated heterocycles. The Morgan fingerprint density at radius 1 is 1.23 bits per heavy atom. The van der Waals surface area contributed by atoms with E-state index in [2.05, 4.69) is 10.6 Å². The van der Waals surface area contributed by atoms with Crippen molar-refractivity contribution in [3.63, 3.8) is 0 Å². The first-order valence-electron chi connectivity index (χ1n) is 8.15. The molecule has 2 aromatic heterocycles. The lowest BCUT2D eigenvalue weighted by Gasteiger charge is -2.12. The van der Waals surface area contributed by atoms with Gasteiger partial charge in [-0.1, -0.05) is 6.07 Å². The first-order chi connectivity index (χ1) is 12.5. The van der Waals surface area contributed by atoms with Crippen molar-refractivity contribution in [2.45, 2.75) is 19.3 Å².